The van der Waals surface area contributed by atoms with Gasteiger partial charge in [-0.05, 0) is 36.4 Å². The summed E-state index contributed by atoms with van der Waals surface area (Å²) in [6.07, 6.45) is 0. The minimum Gasteiger partial charge on any atom is -0.326 e. The molecule has 2 aromatic carbocycles. The number of anilines is 2. The van der Waals surface area contributed by atoms with E-state index >= 15 is 0 Å². The summed E-state index contributed by atoms with van der Waals surface area (Å²) in [4.78, 5) is 23.3. The van der Waals surface area contributed by atoms with Crippen LogP contribution in [0.25, 0.3) is 0 Å². The molecular formula is C18H17N5O4S2. The van der Waals surface area contributed by atoms with Crippen LogP contribution in [0.1, 0.15) is 21.7 Å². The highest BCUT2D eigenvalue weighted by Crippen LogP contribution is 2.16. The van der Waals surface area contributed by atoms with Gasteiger partial charge in [0.1, 0.15) is 5.01 Å². The van der Waals surface area contributed by atoms with Gasteiger partial charge in [-0.25, -0.2) is 13.1 Å². The van der Waals surface area contributed by atoms with Crippen molar-refractivity contribution in [3.63, 3.8) is 0 Å². The molecule has 11 heteroatoms. The average molecular weight is 431 g/mol. The fraction of sp³-hybridized carbons (Fsp3) is 0.111. The fourth-order valence-electron chi connectivity index (χ4n) is 2.28. The number of para-hydroxylation sites is 1. The van der Waals surface area contributed by atoms with Crippen molar-refractivity contribution >= 4 is 44.5 Å². The molecule has 1 heterocycles. The number of nitrogens with one attached hydrogen (secondary N) is 3. The molecule has 0 saturated carbocycles. The minimum absolute atomic E-state index is 0.0400. The van der Waals surface area contributed by atoms with Gasteiger partial charge < -0.3 is 10.6 Å². The van der Waals surface area contributed by atoms with Gasteiger partial charge in [0.2, 0.25) is 20.9 Å². The largest absolute Gasteiger partial charge is 0.326 e. The van der Waals surface area contributed by atoms with Crippen molar-refractivity contribution < 1.29 is 18.0 Å². The number of carbonyl (C=O) groups excluding carboxylic acids is 2. The molecule has 0 aliphatic carbocycles. The van der Waals surface area contributed by atoms with Crippen LogP contribution in [-0.2, 0) is 21.4 Å². The summed E-state index contributed by atoms with van der Waals surface area (Å²) in [6.45, 7) is 1.26. The first-order valence-electron chi connectivity index (χ1n) is 8.39. The van der Waals surface area contributed by atoms with Gasteiger partial charge >= 0.3 is 0 Å². The first kappa shape index (κ1) is 20.6. The first-order chi connectivity index (χ1) is 13.8. The zero-order valence-electron chi connectivity index (χ0n) is 15.2. The molecule has 3 rings (SSSR count). The molecule has 29 heavy (non-hydrogen) atoms. The molecule has 0 unspecified atom stereocenters. The Kier molecular flexibility index (Phi) is 6.32. The smallest absolute Gasteiger partial charge is 0.286 e. The van der Waals surface area contributed by atoms with E-state index in [4.69, 9.17) is 0 Å². The van der Waals surface area contributed by atoms with E-state index in [1.165, 1.54) is 31.2 Å². The second-order valence-electron chi connectivity index (χ2n) is 5.85. The van der Waals surface area contributed by atoms with Gasteiger partial charge in [-0.15, -0.1) is 10.2 Å². The minimum atomic E-state index is -3.79. The Morgan fingerprint density at radius 1 is 0.931 bits per heavy atom. The average Bonchev–Trinajstić information content (AvgIpc) is 3.17. The lowest BCUT2D eigenvalue weighted by Gasteiger charge is -2.06. The highest BCUT2D eigenvalue weighted by molar-refractivity contribution is 7.89. The maximum atomic E-state index is 12.4. The molecular weight excluding hydrogens is 414 g/mol. The van der Waals surface area contributed by atoms with E-state index in [-0.39, 0.29) is 22.4 Å². The molecule has 0 atom stereocenters. The second kappa shape index (κ2) is 8.90. The Bertz CT molecular complexity index is 1110. The van der Waals surface area contributed by atoms with Crippen LogP contribution < -0.4 is 15.4 Å². The van der Waals surface area contributed by atoms with Crippen molar-refractivity contribution in [2.24, 2.45) is 0 Å². The normalized spacial score (nSPS) is 11.1. The first-order valence-corrected chi connectivity index (χ1v) is 10.7. The number of aromatic nitrogens is 2. The van der Waals surface area contributed by atoms with E-state index < -0.39 is 15.9 Å². The van der Waals surface area contributed by atoms with Crippen LogP contribution in [0.2, 0.25) is 0 Å². The Balaban J connectivity index is 1.61. The van der Waals surface area contributed by atoms with Gasteiger partial charge in [-0.3, -0.25) is 9.59 Å². The molecule has 0 radical (unpaired) electrons. The van der Waals surface area contributed by atoms with E-state index in [1.54, 1.807) is 24.3 Å². The lowest BCUT2D eigenvalue weighted by atomic mass is 10.3. The van der Waals surface area contributed by atoms with Gasteiger partial charge in [-0.2, -0.15) is 0 Å². The highest BCUT2D eigenvalue weighted by atomic mass is 32.2. The fourth-order valence-corrected chi connectivity index (χ4v) is 4.04. The predicted molar refractivity (Wildman–Crippen MR) is 109 cm³/mol. The lowest BCUT2D eigenvalue weighted by molar-refractivity contribution is -0.114. The number of benzene rings is 2. The van der Waals surface area contributed by atoms with E-state index in [0.717, 1.165) is 11.3 Å². The van der Waals surface area contributed by atoms with Crippen LogP contribution >= 0.6 is 11.3 Å². The van der Waals surface area contributed by atoms with Crippen LogP contribution in [0.15, 0.2) is 59.5 Å². The van der Waals surface area contributed by atoms with Crippen molar-refractivity contribution in [3.05, 3.63) is 64.6 Å². The van der Waals surface area contributed by atoms with Gasteiger partial charge in [0.15, 0.2) is 0 Å². The maximum absolute atomic E-state index is 12.4. The summed E-state index contributed by atoms with van der Waals surface area (Å²) in [5, 5.41) is 13.4. The quantitative estimate of drug-likeness (QED) is 0.526. The van der Waals surface area contributed by atoms with Crippen molar-refractivity contribution in [1.29, 1.82) is 0 Å². The predicted octanol–water partition coefficient (Wildman–Crippen LogP) is 2.23. The van der Waals surface area contributed by atoms with Crippen LogP contribution in [0.3, 0.4) is 0 Å². The number of hydrogen-bond donors (Lipinski definition) is 3. The van der Waals surface area contributed by atoms with Crippen molar-refractivity contribution in [1.82, 2.24) is 14.9 Å². The van der Waals surface area contributed by atoms with Crippen molar-refractivity contribution in [3.8, 4) is 0 Å². The molecule has 0 fully saturated rings. The van der Waals surface area contributed by atoms with Gasteiger partial charge in [0, 0.05) is 18.3 Å². The highest BCUT2D eigenvalue weighted by Gasteiger charge is 2.17. The Morgan fingerprint density at radius 2 is 1.59 bits per heavy atom. The number of nitrogens with zero attached hydrogens (tertiary/aromatic N) is 2. The summed E-state index contributed by atoms with van der Waals surface area (Å²) in [5.41, 5.74) is 1.12. The Labute approximate surface area is 171 Å². The third-order valence-electron chi connectivity index (χ3n) is 3.59. The molecule has 1 aromatic heterocycles. The number of hydrogen-bond acceptors (Lipinski definition) is 7. The lowest BCUT2D eigenvalue weighted by Crippen LogP contribution is -2.23. The Morgan fingerprint density at radius 3 is 2.24 bits per heavy atom. The van der Waals surface area contributed by atoms with Crippen LogP contribution in [0, 0.1) is 0 Å². The monoisotopic (exact) mass is 431 g/mol. The van der Waals surface area contributed by atoms with Gasteiger partial charge in [0.25, 0.3) is 5.91 Å². The molecule has 0 aliphatic rings. The molecule has 9 nitrogen and oxygen atoms in total. The van der Waals surface area contributed by atoms with Crippen molar-refractivity contribution in [2.45, 2.75) is 18.4 Å². The molecule has 0 saturated heterocycles. The maximum Gasteiger partial charge on any atom is 0.286 e. The molecule has 2 amide bonds. The topological polar surface area (TPSA) is 130 Å². The molecule has 150 valence electrons. The number of sulfonamides is 1. The van der Waals surface area contributed by atoms with Crippen molar-refractivity contribution in [2.75, 3.05) is 10.6 Å². The molecule has 0 bridgehead atoms. The summed E-state index contributed by atoms with van der Waals surface area (Å²) in [6, 6.07) is 14.6. The summed E-state index contributed by atoms with van der Waals surface area (Å²) in [7, 11) is -3.79. The third kappa shape index (κ3) is 5.67. The van der Waals surface area contributed by atoms with Gasteiger partial charge in [-0.1, -0.05) is 29.5 Å². The second-order valence-corrected chi connectivity index (χ2v) is 8.68. The van der Waals surface area contributed by atoms with E-state index in [2.05, 4.69) is 25.6 Å². The summed E-state index contributed by atoms with van der Waals surface area (Å²) in [5.74, 6) is -0.668. The number of rotatable bonds is 7. The van der Waals surface area contributed by atoms with Gasteiger partial charge in [0.05, 0.1) is 11.4 Å². The molecule has 3 N–H and O–H groups in total. The van der Waals surface area contributed by atoms with Crippen LogP contribution in [0.4, 0.5) is 11.4 Å². The third-order valence-corrected chi connectivity index (χ3v) is 5.93. The molecule has 3 aromatic rings. The van der Waals surface area contributed by atoms with Crippen LogP contribution in [-0.4, -0.2) is 30.4 Å². The Hall–Kier alpha value is -3.15. The summed E-state index contributed by atoms with van der Waals surface area (Å²) < 4.78 is 27.2. The van der Waals surface area contributed by atoms with E-state index in [0.29, 0.717) is 16.4 Å². The van der Waals surface area contributed by atoms with E-state index in [9.17, 15) is 18.0 Å². The molecule has 0 aliphatic heterocycles. The summed E-state index contributed by atoms with van der Waals surface area (Å²) >= 11 is 0.997. The zero-order valence-corrected chi connectivity index (χ0v) is 16.9. The number of carbonyl (C=O) groups is 2. The zero-order chi connectivity index (χ0) is 20.9. The van der Waals surface area contributed by atoms with E-state index in [1.807, 2.05) is 6.07 Å². The standard InChI is InChI=1S/C18H17N5O4S2/c1-12(24)20-14-7-9-15(10-8-14)29(26,27)19-11-16-22-23-18(28-16)17(25)21-13-5-3-2-4-6-13/h2-10,19H,11H2,1H3,(H,20,24)(H,21,25). The number of amides is 2. The van der Waals surface area contributed by atoms with Crippen LogP contribution in [0.5, 0.6) is 0 Å². The SMILES string of the molecule is CC(=O)Nc1ccc(S(=O)(=O)NCc2nnc(C(=O)Nc3ccccc3)s2)cc1. The molecule has 0 spiro atoms.